The number of piperidine rings is 1. The first-order valence-electron chi connectivity index (χ1n) is 10.3. The second-order valence-electron chi connectivity index (χ2n) is 7.15. The van der Waals surface area contributed by atoms with E-state index in [-0.39, 0.29) is 24.6 Å². The van der Waals surface area contributed by atoms with Crippen molar-refractivity contribution in [2.24, 2.45) is 4.99 Å². The molecule has 1 aromatic carbocycles. The molecule has 0 spiro atoms. The van der Waals surface area contributed by atoms with E-state index in [1.807, 2.05) is 25.1 Å². The molecule has 8 nitrogen and oxygen atoms in total. The van der Waals surface area contributed by atoms with E-state index < -0.39 is 0 Å². The van der Waals surface area contributed by atoms with Crippen molar-refractivity contribution in [3.8, 4) is 0 Å². The molecule has 0 bridgehead atoms. The number of hydrogen-bond donors (Lipinski definition) is 2. The van der Waals surface area contributed by atoms with E-state index in [0.717, 1.165) is 25.1 Å². The van der Waals surface area contributed by atoms with Gasteiger partial charge >= 0.3 is 6.09 Å². The Balaban J connectivity index is 1.84. The normalized spacial score (nSPS) is 14.9. The maximum absolute atomic E-state index is 11.9. The van der Waals surface area contributed by atoms with E-state index >= 15 is 0 Å². The van der Waals surface area contributed by atoms with Crippen molar-refractivity contribution in [1.29, 1.82) is 0 Å². The highest BCUT2D eigenvalue weighted by Gasteiger charge is 2.24. The van der Waals surface area contributed by atoms with Crippen LogP contribution in [0.25, 0.3) is 0 Å². The van der Waals surface area contributed by atoms with Crippen LogP contribution in [0.1, 0.15) is 19.8 Å². The number of carbonyl (C=O) groups is 2. The molecule has 1 aromatic rings. The summed E-state index contributed by atoms with van der Waals surface area (Å²) in [6.07, 6.45) is 1.36. The Labute approximate surface area is 183 Å². The quantitative estimate of drug-likeness (QED) is 0.281. The summed E-state index contributed by atoms with van der Waals surface area (Å²) in [7, 11) is 3.44. The van der Waals surface area contributed by atoms with Gasteiger partial charge in [0.25, 0.3) is 0 Å². The first-order chi connectivity index (χ1) is 14.5. The first-order valence-corrected chi connectivity index (χ1v) is 11.3. The lowest BCUT2D eigenvalue weighted by Gasteiger charge is -2.32. The number of likely N-dealkylation sites (N-methyl/N-ethyl adjacent to an activating group) is 1. The van der Waals surface area contributed by atoms with Gasteiger partial charge in [0.15, 0.2) is 5.96 Å². The van der Waals surface area contributed by atoms with Crippen molar-refractivity contribution in [2.45, 2.75) is 30.7 Å². The van der Waals surface area contributed by atoms with Gasteiger partial charge in [-0.3, -0.25) is 4.79 Å². The summed E-state index contributed by atoms with van der Waals surface area (Å²) < 4.78 is 5.07. The van der Waals surface area contributed by atoms with Crippen LogP contribution in [0.2, 0.25) is 0 Å². The number of aliphatic imine (C=N–C) groups is 1. The fourth-order valence-electron chi connectivity index (χ4n) is 2.91. The second kappa shape index (κ2) is 13.0. The van der Waals surface area contributed by atoms with Crippen molar-refractivity contribution in [3.63, 3.8) is 0 Å². The van der Waals surface area contributed by atoms with Crippen LogP contribution in [0.4, 0.5) is 4.79 Å². The van der Waals surface area contributed by atoms with Gasteiger partial charge in [-0.25, -0.2) is 9.79 Å². The van der Waals surface area contributed by atoms with E-state index in [0.29, 0.717) is 25.7 Å². The lowest BCUT2D eigenvalue weighted by atomic mass is 10.1. The van der Waals surface area contributed by atoms with Gasteiger partial charge in [0.05, 0.1) is 6.61 Å². The molecule has 0 radical (unpaired) electrons. The lowest BCUT2D eigenvalue weighted by Crippen LogP contribution is -2.50. The van der Waals surface area contributed by atoms with Crippen LogP contribution in [-0.2, 0) is 9.53 Å². The molecule has 0 aromatic heterocycles. The smallest absolute Gasteiger partial charge is 0.409 e. The standard InChI is InChI=1S/C21H33N5O3S/c1-4-29-21(28)26-13-10-17(11-14-26)24-20(23-16-19(27)25(2)3)22-12-15-30-18-8-6-5-7-9-18/h5-9,17H,4,10-16H2,1-3H3,(H2,22,23,24). The highest BCUT2D eigenvalue weighted by molar-refractivity contribution is 7.99. The lowest BCUT2D eigenvalue weighted by molar-refractivity contribution is -0.127. The third-order valence-electron chi connectivity index (χ3n) is 4.64. The summed E-state index contributed by atoms with van der Waals surface area (Å²) in [5.41, 5.74) is 0. The van der Waals surface area contributed by atoms with Crippen molar-refractivity contribution in [1.82, 2.24) is 20.4 Å². The third kappa shape index (κ3) is 8.52. The van der Waals surface area contributed by atoms with E-state index in [4.69, 9.17) is 4.74 Å². The van der Waals surface area contributed by atoms with Crippen LogP contribution in [0.15, 0.2) is 40.2 Å². The van der Waals surface area contributed by atoms with Crippen LogP contribution in [0.3, 0.4) is 0 Å². The van der Waals surface area contributed by atoms with Gasteiger partial charge in [0.2, 0.25) is 5.91 Å². The minimum atomic E-state index is -0.252. The topological polar surface area (TPSA) is 86.3 Å². The van der Waals surface area contributed by atoms with Crippen LogP contribution in [0.5, 0.6) is 0 Å². The Morgan fingerprint density at radius 3 is 2.57 bits per heavy atom. The zero-order valence-electron chi connectivity index (χ0n) is 18.1. The maximum atomic E-state index is 11.9. The number of amides is 2. The number of nitrogens with one attached hydrogen (secondary N) is 2. The van der Waals surface area contributed by atoms with Gasteiger partial charge in [-0.15, -0.1) is 11.8 Å². The van der Waals surface area contributed by atoms with Gasteiger partial charge in [-0.2, -0.15) is 0 Å². The molecule has 1 aliphatic heterocycles. The van der Waals surface area contributed by atoms with Crippen LogP contribution in [0, 0.1) is 0 Å². The predicted molar refractivity (Wildman–Crippen MR) is 121 cm³/mol. The highest BCUT2D eigenvalue weighted by Crippen LogP contribution is 2.16. The zero-order valence-corrected chi connectivity index (χ0v) is 18.9. The number of rotatable bonds is 8. The Kier molecular flexibility index (Phi) is 10.3. The molecule has 0 unspecified atom stereocenters. The number of hydrogen-bond acceptors (Lipinski definition) is 5. The van der Waals surface area contributed by atoms with E-state index in [9.17, 15) is 9.59 Å². The van der Waals surface area contributed by atoms with Crippen molar-refractivity contribution >= 4 is 29.7 Å². The molecule has 9 heteroatoms. The molecule has 1 heterocycles. The molecule has 30 heavy (non-hydrogen) atoms. The molecule has 0 aliphatic carbocycles. The first kappa shape index (κ1) is 23.9. The predicted octanol–water partition coefficient (Wildman–Crippen LogP) is 2.02. The third-order valence-corrected chi connectivity index (χ3v) is 5.65. The van der Waals surface area contributed by atoms with Crippen LogP contribution < -0.4 is 10.6 Å². The van der Waals surface area contributed by atoms with Crippen LogP contribution >= 0.6 is 11.8 Å². The largest absolute Gasteiger partial charge is 0.450 e. The van der Waals surface area contributed by atoms with Crippen molar-refractivity contribution < 1.29 is 14.3 Å². The van der Waals surface area contributed by atoms with Crippen LogP contribution in [-0.4, -0.2) is 86.4 Å². The van der Waals surface area contributed by atoms with Gasteiger partial charge in [-0.1, -0.05) is 18.2 Å². The highest BCUT2D eigenvalue weighted by atomic mass is 32.2. The number of likely N-dealkylation sites (tertiary alicyclic amines) is 1. The van der Waals surface area contributed by atoms with Crippen molar-refractivity contribution in [3.05, 3.63) is 30.3 Å². The van der Waals surface area contributed by atoms with Gasteiger partial charge in [0, 0.05) is 50.4 Å². The molecular weight excluding hydrogens is 402 g/mol. The fourth-order valence-corrected chi connectivity index (χ4v) is 3.70. The van der Waals surface area contributed by atoms with Gasteiger partial charge < -0.3 is 25.2 Å². The van der Waals surface area contributed by atoms with E-state index in [1.165, 1.54) is 9.80 Å². The summed E-state index contributed by atoms with van der Waals surface area (Å²) in [6.45, 7) is 4.30. The second-order valence-corrected chi connectivity index (χ2v) is 8.31. The molecule has 2 amide bonds. The Morgan fingerprint density at radius 2 is 1.93 bits per heavy atom. The SMILES string of the molecule is CCOC(=O)N1CCC(NC(=NCC(=O)N(C)C)NCCSc2ccccc2)CC1. The van der Waals surface area contributed by atoms with Crippen molar-refractivity contribution in [2.75, 3.05) is 52.6 Å². The molecule has 2 N–H and O–H groups in total. The Bertz CT molecular complexity index is 691. The number of benzene rings is 1. The average Bonchev–Trinajstić information content (AvgIpc) is 2.75. The number of carbonyl (C=O) groups excluding carboxylic acids is 2. The van der Waals surface area contributed by atoms with E-state index in [2.05, 4.69) is 27.8 Å². The molecule has 1 saturated heterocycles. The molecule has 0 atom stereocenters. The average molecular weight is 436 g/mol. The number of nitrogens with zero attached hydrogens (tertiary/aromatic N) is 3. The summed E-state index contributed by atoms with van der Waals surface area (Å²) in [5.74, 6) is 1.47. The number of thioether (sulfide) groups is 1. The molecule has 1 fully saturated rings. The molecule has 1 aliphatic rings. The van der Waals surface area contributed by atoms with Gasteiger partial charge in [-0.05, 0) is 31.9 Å². The summed E-state index contributed by atoms with van der Waals surface area (Å²) in [6, 6.07) is 10.4. The Hall–Kier alpha value is -2.42. The summed E-state index contributed by atoms with van der Waals surface area (Å²) in [5, 5.41) is 6.75. The number of ether oxygens (including phenoxy) is 1. The molecule has 2 rings (SSSR count). The molecular formula is C21H33N5O3S. The van der Waals surface area contributed by atoms with Gasteiger partial charge in [0.1, 0.15) is 6.54 Å². The number of guanidine groups is 1. The zero-order chi connectivity index (χ0) is 21.8. The maximum Gasteiger partial charge on any atom is 0.409 e. The Morgan fingerprint density at radius 1 is 1.23 bits per heavy atom. The fraction of sp³-hybridized carbons (Fsp3) is 0.571. The minimum Gasteiger partial charge on any atom is -0.450 e. The monoisotopic (exact) mass is 435 g/mol. The molecule has 166 valence electrons. The molecule has 0 saturated carbocycles. The summed E-state index contributed by atoms with van der Waals surface area (Å²) >= 11 is 1.77. The van der Waals surface area contributed by atoms with E-state index in [1.54, 1.807) is 30.8 Å². The summed E-state index contributed by atoms with van der Waals surface area (Å²) in [4.78, 5) is 32.7. The minimum absolute atomic E-state index is 0.0492.